The molecule has 0 atom stereocenters. The number of carboxylic acid groups (broad SMARTS) is 2. The summed E-state index contributed by atoms with van der Waals surface area (Å²) < 4.78 is 0. The predicted molar refractivity (Wildman–Crippen MR) is 17.8 cm³/mol. The van der Waals surface area contributed by atoms with Crippen LogP contribution in [0.5, 0.6) is 0 Å². The van der Waals surface area contributed by atoms with Crippen molar-refractivity contribution in [2.75, 3.05) is 0 Å². The first-order valence-electron chi connectivity index (χ1n) is 0.651. The molecule has 0 aromatic heterocycles. The fourth-order valence-electron chi connectivity index (χ4n) is 0. The molecule has 0 rings (SSSR count). The molecule has 0 aliphatic carbocycles. The van der Waals surface area contributed by atoms with Gasteiger partial charge in [0, 0.05) is 25.8 Å². The zero-order valence-corrected chi connectivity index (χ0v) is 5.90. The van der Waals surface area contributed by atoms with Gasteiger partial charge in [-0.1, -0.05) is 0 Å². The number of hydrogen-bond donors (Lipinski definition) is 2. The molecule has 0 saturated heterocycles. The van der Waals surface area contributed by atoms with Gasteiger partial charge in [-0.3, -0.25) is 0 Å². The Hall–Kier alpha value is 0.738. The molecular formula is CH3HfLiO3. The molecule has 0 heterocycles. The molecule has 30 valence electrons. The van der Waals surface area contributed by atoms with Crippen molar-refractivity contribution >= 4 is 25.0 Å². The van der Waals surface area contributed by atoms with Crippen molar-refractivity contribution in [3.8, 4) is 0 Å². The molecule has 0 aliphatic heterocycles. The summed E-state index contributed by atoms with van der Waals surface area (Å²) in [7, 11) is 0. The Labute approximate surface area is 65.7 Å². The summed E-state index contributed by atoms with van der Waals surface area (Å²) in [4.78, 5) is 8.56. The molecule has 0 saturated carbocycles. The fraction of sp³-hybridized carbons (Fsp3) is 0. The van der Waals surface area contributed by atoms with E-state index in [1.54, 1.807) is 0 Å². The minimum atomic E-state index is -1.83. The quantitative estimate of drug-likeness (QED) is 0.572. The van der Waals surface area contributed by atoms with Gasteiger partial charge in [0.2, 0.25) is 0 Å². The summed E-state index contributed by atoms with van der Waals surface area (Å²) in [5.74, 6) is 0. The first kappa shape index (κ1) is 15.9. The molecule has 0 aromatic carbocycles. The Morgan fingerprint density at radius 2 is 1.33 bits per heavy atom. The summed E-state index contributed by atoms with van der Waals surface area (Å²) >= 11 is 0. The number of carbonyl (C=O) groups is 1. The van der Waals surface area contributed by atoms with Crippen LogP contribution in [0.2, 0.25) is 0 Å². The molecule has 6 heavy (non-hydrogen) atoms. The molecule has 5 heteroatoms. The predicted octanol–water partition coefficient (Wildman–Crippen LogP) is -0.429. The van der Waals surface area contributed by atoms with Crippen molar-refractivity contribution in [3.63, 3.8) is 0 Å². The van der Waals surface area contributed by atoms with Gasteiger partial charge >= 0.3 is 25.0 Å². The van der Waals surface area contributed by atoms with Crippen molar-refractivity contribution in [1.82, 2.24) is 0 Å². The molecule has 0 radical (unpaired) electrons. The third-order valence-electron chi connectivity index (χ3n) is 0. The van der Waals surface area contributed by atoms with Crippen molar-refractivity contribution in [1.29, 1.82) is 0 Å². The van der Waals surface area contributed by atoms with Gasteiger partial charge < -0.3 is 10.2 Å². The van der Waals surface area contributed by atoms with E-state index in [4.69, 9.17) is 15.0 Å². The normalized spacial score (nSPS) is 4.00. The van der Waals surface area contributed by atoms with Gasteiger partial charge in [0.15, 0.2) is 0 Å². The second kappa shape index (κ2) is 9.22. The molecule has 0 aromatic rings. The number of rotatable bonds is 0. The Morgan fingerprint density at radius 1 is 1.33 bits per heavy atom. The van der Waals surface area contributed by atoms with Crippen molar-refractivity contribution in [3.05, 3.63) is 0 Å². The summed E-state index contributed by atoms with van der Waals surface area (Å²) in [6.45, 7) is 0. The monoisotopic (exact) mass is 250 g/mol. The Bertz CT molecular complexity index is 33.8. The van der Waals surface area contributed by atoms with Crippen LogP contribution in [0, 0.1) is 0 Å². The minimum absolute atomic E-state index is 0. The van der Waals surface area contributed by atoms with Crippen LogP contribution < -0.4 is 0 Å². The molecule has 3 nitrogen and oxygen atoms in total. The van der Waals surface area contributed by atoms with Gasteiger partial charge in [0.1, 0.15) is 0 Å². The van der Waals surface area contributed by atoms with E-state index in [0.29, 0.717) is 0 Å². The van der Waals surface area contributed by atoms with Crippen LogP contribution >= 0.6 is 0 Å². The van der Waals surface area contributed by atoms with E-state index in [1.807, 2.05) is 0 Å². The van der Waals surface area contributed by atoms with Crippen LogP contribution in [0.3, 0.4) is 0 Å². The Kier molecular flexibility index (Phi) is 24.4. The van der Waals surface area contributed by atoms with E-state index in [0.717, 1.165) is 0 Å². The van der Waals surface area contributed by atoms with E-state index in [2.05, 4.69) is 0 Å². The topological polar surface area (TPSA) is 57.5 Å². The van der Waals surface area contributed by atoms with E-state index in [1.165, 1.54) is 0 Å². The third-order valence-corrected chi connectivity index (χ3v) is 0. The van der Waals surface area contributed by atoms with Crippen molar-refractivity contribution in [2.45, 2.75) is 0 Å². The van der Waals surface area contributed by atoms with Gasteiger partial charge in [0.05, 0.1) is 0 Å². The van der Waals surface area contributed by atoms with E-state index in [-0.39, 0.29) is 44.7 Å². The van der Waals surface area contributed by atoms with Crippen LogP contribution in [0.1, 0.15) is 0 Å². The van der Waals surface area contributed by atoms with Crippen LogP contribution in [0.25, 0.3) is 0 Å². The fourth-order valence-corrected chi connectivity index (χ4v) is 0. The molecule has 0 spiro atoms. The summed E-state index contributed by atoms with van der Waals surface area (Å²) in [6, 6.07) is 0. The van der Waals surface area contributed by atoms with Gasteiger partial charge in [0.25, 0.3) is 0 Å². The first-order valence-corrected chi connectivity index (χ1v) is 0.651. The van der Waals surface area contributed by atoms with Gasteiger partial charge in [-0.15, -0.1) is 0 Å². The maximum atomic E-state index is 8.56. The first-order chi connectivity index (χ1) is 1.73. The molecular weight excluding hydrogens is 245 g/mol. The van der Waals surface area contributed by atoms with Gasteiger partial charge in [-0.2, -0.15) is 0 Å². The maximum absolute atomic E-state index is 8.56. The second-order valence-corrected chi connectivity index (χ2v) is 0.283. The zero-order chi connectivity index (χ0) is 3.58. The molecule has 0 bridgehead atoms. The molecule has 0 amide bonds. The molecule has 0 unspecified atom stereocenters. The summed E-state index contributed by atoms with van der Waals surface area (Å²) in [5.41, 5.74) is 0. The number of hydrogen-bond acceptors (Lipinski definition) is 1. The zero-order valence-electron chi connectivity index (χ0n) is 2.30. The third kappa shape index (κ3) is 122. The van der Waals surface area contributed by atoms with Crippen LogP contribution in [-0.2, 0) is 25.8 Å². The molecule has 0 aliphatic rings. The van der Waals surface area contributed by atoms with Crippen LogP contribution in [-0.4, -0.2) is 35.2 Å². The van der Waals surface area contributed by atoms with E-state index >= 15 is 0 Å². The summed E-state index contributed by atoms with van der Waals surface area (Å²) in [6.07, 6.45) is -1.83. The Morgan fingerprint density at radius 3 is 1.33 bits per heavy atom. The molecule has 0 fully saturated rings. The average molecular weight is 248 g/mol. The van der Waals surface area contributed by atoms with Crippen LogP contribution in [0.4, 0.5) is 4.79 Å². The Balaban J connectivity index is -0.0000000450. The van der Waals surface area contributed by atoms with E-state index in [9.17, 15) is 0 Å². The van der Waals surface area contributed by atoms with Crippen LogP contribution in [0.15, 0.2) is 0 Å². The molecule has 2 N–H and O–H groups in total. The summed E-state index contributed by atoms with van der Waals surface area (Å²) in [5, 5.41) is 13.9. The van der Waals surface area contributed by atoms with Crippen molar-refractivity contribution in [2.24, 2.45) is 0 Å². The standard InChI is InChI=1S/CH2O3.Hf.Li.H/c2-1(3)4;;;/h(H2,2,3,4);;;. The van der Waals surface area contributed by atoms with Crippen molar-refractivity contribution < 1.29 is 40.9 Å². The SMILES string of the molecule is O=C(O)O.[Hf].[LiH]. The van der Waals surface area contributed by atoms with Gasteiger partial charge in [-0.25, -0.2) is 4.79 Å². The van der Waals surface area contributed by atoms with Gasteiger partial charge in [-0.05, 0) is 0 Å². The van der Waals surface area contributed by atoms with E-state index < -0.39 is 6.16 Å². The second-order valence-electron chi connectivity index (χ2n) is 0.283. The average Bonchev–Trinajstić information content (AvgIpc) is 0.811.